The first kappa shape index (κ1) is 10.1. The fourth-order valence-electron chi connectivity index (χ4n) is 2.55. The Morgan fingerprint density at radius 3 is 2.25 bits per heavy atom. The van der Waals surface area contributed by atoms with Crippen molar-refractivity contribution in [1.82, 2.24) is 0 Å². The highest BCUT2D eigenvalue weighted by Gasteiger charge is 2.34. The van der Waals surface area contributed by atoms with Crippen molar-refractivity contribution in [2.75, 3.05) is 0 Å². The zero-order chi connectivity index (χ0) is 11.1. The monoisotopic (exact) mass is 218 g/mol. The lowest BCUT2D eigenvalue weighted by molar-refractivity contribution is -0.140. The second-order valence-electron chi connectivity index (χ2n) is 5.42. The van der Waals surface area contributed by atoms with E-state index in [1.165, 1.54) is 31.3 Å². The molecule has 2 heteroatoms. The molecule has 1 atom stereocenters. The van der Waals surface area contributed by atoms with Crippen molar-refractivity contribution in [2.45, 2.75) is 38.5 Å². The molecule has 0 bridgehead atoms. The van der Waals surface area contributed by atoms with Crippen LogP contribution >= 0.6 is 0 Å². The molecule has 2 nitrogen and oxygen atoms in total. The van der Waals surface area contributed by atoms with Crippen molar-refractivity contribution < 1.29 is 9.90 Å². The predicted octanol–water partition coefficient (Wildman–Crippen LogP) is 3.15. The summed E-state index contributed by atoms with van der Waals surface area (Å²) in [7, 11) is 0. The molecule has 0 aliphatic heterocycles. The Labute approximate surface area is 96.0 Å². The third-order valence-corrected chi connectivity index (χ3v) is 3.84. The van der Waals surface area contributed by atoms with Gasteiger partial charge in [-0.3, -0.25) is 4.79 Å². The molecule has 0 radical (unpaired) electrons. The van der Waals surface area contributed by atoms with Crippen LogP contribution in [0.25, 0.3) is 0 Å². The van der Waals surface area contributed by atoms with Crippen molar-refractivity contribution in [1.29, 1.82) is 0 Å². The number of carbonyl (C=O) groups is 1. The molecule has 0 aromatic heterocycles. The maximum atomic E-state index is 11.2. The van der Waals surface area contributed by atoms with Gasteiger partial charge in [-0.25, -0.2) is 0 Å². The van der Waals surface area contributed by atoms with Crippen LogP contribution in [0.2, 0.25) is 0 Å². The van der Waals surface area contributed by atoms with Crippen LogP contribution in [0.3, 0.4) is 0 Å². The number of carboxylic acids is 1. The van der Waals surface area contributed by atoms with Crippen LogP contribution in [-0.4, -0.2) is 11.1 Å². The van der Waals surface area contributed by atoms with E-state index >= 15 is 0 Å². The van der Waals surface area contributed by atoms with Gasteiger partial charge in [-0.05, 0) is 61.5 Å². The Kier molecular flexibility index (Phi) is 2.38. The lowest BCUT2D eigenvalue weighted by Crippen LogP contribution is -2.11. The van der Waals surface area contributed by atoms with Gasteiger partial charge in [0, 0.05) is 0 Å². The molecule has 3 aliphatic rings. The third-order valence-electron chi connectivity index (χ3n) is 3.84. The lowest BCUT2D eigenvalue weighted by Gasteiger charge is -2.07. The Morgan fingerprint density at radius 2 is 1.69 bits per heavy atom. The highest BCUT2D eigenvalue weighted by atomic mass is 16.4. The smallest absolute Gasteiger partial charge is 0.310 e. The molecule has 0 saturated heterocycles. The molecular formula is C14H18O2. The second-order valence-corrected chi connectivity index (χ2v) is 5.42. The normalized spacial score (nSPS) is 34.9. The molecule has 3 fully saturated rings. The quantitative estimate of drug-likeness (QED) is 0.790. The Bertz CT molecular complexity index is 370. The first-order valence-corrected chi connectivity index (χ1v) is 6.39. The van der Waals surface area contributed by atoms with Crippen molar-refractivity contribution in [2.24, 2.45) is 17.8 Å². The van der Waals surface area contributed by atoms with Gasteiger partial charge in [0.2, 0.25) is 0 Å². The summed E-state index contributed by atoms with van der Waals surface area (Å²) in [4.78, 5) is 11.2. The Morgan fingerprint density at radius 1 is 1.06 bits per heavy atom. The van der Waals surface area contributed by atoms with E-state index in [2.05, 4.69) is 12.2 Å². The van der Waals surface area contributed by atoms with E-state index in [-0.39, 0.29) is 5.92 Å². The average molecular weight is 218 g/mol. The average Bonchev–Trinajstić information content (AvgIpc) is 3.08. The summed E-state index contributed by atoms with van der Waals surface area (Å²) in [5.74, 6) is 0.583. The minimum Gasteiger partial charge on any atom is -0.481 e. The molecule has 16 heavy (non-hydrogen) atoms. The van der Waals surface area contributed by atoms with Gasteiger partial charge in [-0.2, -0.15) is 0 Å². The maximum Gasteiger partial charge on any atom is 0.310 e. The number of carboxylic acid groups (broad SMARTS) is 1. The van der Waals surface area contributed by atoms with Crippen LogP contribution in [0.5, 0.6) is 0 Å². The van der Waals surface area contributed by atoms with E-state index in [4.69, 9.17) is 0 Å². The van der Waals surface area contributed by atoms with Gasteiger partial charge in [0.05, 0.1) is 5.92 Å². The molecule has 3 saturated carbocycles. The highest BCUT2D eigenvalue weighted by molar-refractivity contribution is 5.76. The van der Waals surface area contributed by atoms with E-state index in [1.807, 2.05) is 0 Å². The van der Waals surface area contributed by atoms with Gasteiger partial charge in [0.15, 0.2) is 0 Å². The number of allylic oxidation sites excluding steroid dienone is 3. The molecule has 3 rings (SSSR count). The molecular weight excluding hydrogens is 200 g/mol. The summed E-state index contributed by atoms with van der Waals surface area (Å²) in [6.45, 7) is 0. The van der Waals surface area contributed by atoms with Gasteiger partial charge < -0.3 is 5.11 Å². The first-order valence-electron chi connectivity index (χ1n) is 6.39. The summed E-state index contributed by atoms with van der Waals surface area (Å²) in [6, 6.07) is 0. The van der Waals surface area contributed by atoms with Crippen LogP contribution in [-0.2, 0) is 4.79 Å². The second kappa shape index (κ2) is 3.76. The topological polar surface area (TPSA) is 37.3 Å². The van der Waals surface area contributed by atoms with Gasteiger partial charge in [-0.1, -0.05) is 12.2 Å². The van der Waals surface area contributed by atoms with Gasteiger partial charge >= 0.3 is 5.97 Å². The van der Waals surface area contributed by atoms with Crippen molar-refractivity contribution in [3.05, 3.63) is 23.3 Å². The number of aliphatic carboxylic acids is 1. The molecule has 0 amide bonds. The molecule has 0 spiro atoms. The molecule has 0 aromatic carbocycles. The zero-order valence-electron chi connectivity index (χ0n) is 9.48. The maximum absolute atomic E-state index is 11.2. The fraction of sp³-hybridized carbons (Fsp3) is 0.643. The molecule has 86 valence electrons. The van der Waals surface area contributed by atoms with Crippen molar-refractivity contribution in [3.8, 4) is 0 Å². The number of hydrogen-bond acceptors (Lipinski definition) is 1. The van der Waals surface area contributed by atoms with Crippen molar-refractivity contribution >= 4 is 5.97 Å². The zero-order valence-corrected chi connectivity index (χ0v) is 9.48. The van der Waals surface area contributed by atoms with E-state index < -0.39 is 5.97 Å². The minimum atomic E-state index is -0.633. The van der Waals surface area contributed by atoms with Crippen LogP contribution < -0.4 is 0 Å². The van der Waals surface area contributed by atoms with E-state index in [1.54, 1.807) is 0 Å². The van der Waals surface area contributed by atoms with E-state index in [0.717, 1.165) is 24.3 Å². The molecule has 3 aliphatic carbocycles. The molecule has 0 heterocycles. The first-order chi connectivity index (χ1) is 7.74. The lowest BCUT2D eigenvalue weighted by atomic mass is 9.98. The summed E-state index contributed by atoms with van der Waals surface area (Å²) < 4.78 is 0. The predicted molar refractivity (Wildman–Crippen MR) is 62.0 cm³/mol. The Balaban J connectivity index is 1.85. The largest absolute Gasteiger partial charge is 0.481 e. The van der Waals surface area contributed by atoms with Gasteiger partial charge in [0.1, 0.15) is 0 Å². The summed E-state index contributed by atoms with van der Waals surface area (Å²) in [6.07, 6.45) is 11.5. The minimum absolute atomic E-state index is 0.217. The summed E-state index contributed by atoms with van der Waals surface area (Å²) >= 11 is 0. The number of hydrogen-bond donors (Lipinski definition) is 1. The summed E-state index contributed by atoms with van der Waals surface area (Å²) in [5, 5.41) is 9.22. The molecule has 0 aromatic rings. The molecule has 1 N–H and O–H groups in total. The summed E-state index contributed by atoms with van der Waals surface area (Å²) in [5.41, 5.74) is 2.50. The fourth-order valence-corrected chi connectivity index (χ4v) is 2.55. The van der Waals surface area contributed by atoms with Gasteiger partial charge in [-0.15, -0.1) is 0 Å². The SMILES string of the molecule is O=C(O)C1CCC(=C/C2CC2)/C1=C\C1CC1. The number of rotatable bonds is 3. The van der Waals surface area contributed by atoms with Crippen LogP contribution in [0, 0.1) is 17.8 Å². The van der Waals surface area contributed by atoms with Crippen molar-refractivity contribution in [3.63, 3.8) is 0 Å². The van der Waals surface area contributed by atoms with Gasteiger partial charge in [0.25, 0.3) is 0 Å². The molecule has 1 unspecified atom stereocenters. The van der Waals surface area contributed by atoms with E-state index in [9.17, 15) is 9.90 Å². The highest BCUT2D eigenvalue weighted by Crippen LogP contribution is 2.43. The standard InChI is InChI=1S/C14H18O2/c15-14(16)12-6-5-11(7-9-1-2-9)13(12)8-10-3-4-10/h7-10,12H,1-6H2,(H,15,16)/b11-7-,13-8+. The van der Waals surface area contributed by atoms with Crippen LogP contribution in [0.1, 0.15) is 38.5 Å². The third kappa shape index (κ3) is 2.06. The van der Waals surface area contributed by atoms with Crippen LogP contribution in [0.4, 0.5) is 0 Å². The van der Waals surface area contributed by atoms with Crippen LogP contribution in [0.15, 0.2) is 23.3 Å². The van der Waals surface area contributed by atoms with E-state index in [0.29, 0.717) is 5.92 Å². The Hall–Kier alpha value is -1.05.